The fourth-order valence-corrected chi connectivity index (χ4v) is 3.55. The van der Waals surface area contributed by atoms with Crippen LogP contribution in [0.15, 0.2) is 29.3 Å². The van der Waals surface area contributed by atoms with E-state index in [-0.39, 0.29) is 29.8 Å². The van der Waals surface area contributed by atoms with Crippen molar-refractivity contribution in [3.8, 4) is 0 Å². The standard InChI is InChI=1S/C20H28F2N6.HI/c1-15-13-16(2)28(25-15)8-4-7-24-20(23-3)27-11-9-26(10-12-27)19-14-17(21)5-6-18(19)22;/h5-6,13-14H,4,7-12H2,1-3H3,(H,23,24);1H. The largest absolute Gasteiger partial charge is 0.366 e. The van der Waals surface area contributed by atoms with Gasteiger partial charge in [0, 0.05) is 58.1 Å². The lowest BCUT2D eigenvalue weighted by molar-refractivity contribution is 0.369. The van der Waals surface area contributed by atoms with Crippen molar-refractivity contribution in [2.24, 2.45) is 4.99 Å². The lowest BCUT2D eigenvalue weighted by Crippen LogP contribution is -2.52. The molecule has 1 N–H and O–H groups in total. The maximum atomic E-state index is 14.0. The summed E-state index contributed by atoms with van der Waals surface area (Å²) < 4.78 is 29.5. The van der Waals surface area contributed by atoms with Gasteiger partial charge in [0.05, 0.1) is 11.4 Å². The van der Waals surface area contributed by atoms with Crippen LogP contribution in [0.1, 0.15) is 17.8 Å². The van der Waals surface area contributed by atoms with Crippen LogP contribution in [0.4, 0.5) is 14.5 Å². The predicted molar refractivity (Wildman–Crippen MR) is 123 cm³/mol. The number of aromatic nitrogens is 2. The number of nitrogens with one attached hydrogen (secondary N) is 1. The zero-order valence-corrected chi connectivity index (χ0v) is 19.5. The van der Waals surface area contributed by atoms with E-state index in [0.29, 0.717) is 31.9 Å². The lowest BCUT2D eigenvalue weighted by Gasteiger charge is -2.37. The molecule has 2 aromatic rings. The van der Waals surface area contributed by atoms with Gasteiger partial charge in [0.15, 0.2) is 5.96 Å². The number of piperazine rings is 1. The zero-order chi connectivity index (χ0) is 20.1. The summed E-state index contributed by atoms with van der Waals surface area (Å²) in [6.07, 6.45) is 0.940. The fraction of sp³-hybridized carbons (Fsp3) is 0.500. The molecule has 1 saturated heterocycles. The van der Waals surface area contributed by atoms with Crippen LogP contribution in [-0.4, -0.2) is 60.4 Å². The summed E-state index contributed by atoms with van der Waals surface area (Å²) in [6.45, 7) is 8.35. The second kappa shape index (κ2) is 10.7. The number of guanidine groups is 1. The number of benzene rings is 1. The Labute approximate surface area is 188 Å². The van der Waals surface area contributed by atoms with E-state index < -0.39 is 5.82 Å². The van der Waals surface area contributed by atoms with Crippen molar-refractivity contribution in [2.75, 3.05) is 44.7 Å². The minimum absolute atomic E-state index is 0. The summed E-state index contributed by atoms with van der Waals surface area (Å²) in [7, 11) is 1.77. The summed E-state index contributed by atoms with van der Waals surface area (Å²) in [6, 6.07) is 5.66. The molecule has 6 nitrogen and oxygen atoms in total. The number of nitrogens with zero attached hydrogens (tertiary/aromatic N) is 5. The summed E-state index contributed by atoms with van der Waals surface area (Å²) in [5.74, 6) is 0.0353. The Bertz CT molecular complexity index is 830. The first-order valence-corrected chi connectivity index (χ1v) is 9.64. The van der Waals surface area contributed by atoms with Gasteiger partial charge in [0.25, 0.3) is 0 Å². The Balaban J connectivity index is 0.00000300. The number of rotatable bonds is 5. The second-order valence-electron chi connectivity index (χ2n) is 7.05. The van der Waals surface area contributed by atoms with Crippen LogP contribution in [0.25, 0.3) is 0 Å². The molecular formula is C20H29F2IN6. The molecular weight excluding hydrogens is 489 g/mol. The van der Waals surface area contributed by atoms with Gasteiger partial charge in [-0.05, 0) is 38.5 Å². The molecule has 0 bridgehead atoms. The Hall–Kier alpha value is -1.91. The third-order valence-corrected chi connectivity index (χ3v) is 4.97. The van der Waals surface area contributed by atoms with E-state index in [1.54, 1.807) is 7.05 Å². The molecule has 0 unspecified atom stereocenters. The van der Waals surface area contributed by atoms with E-state index in [2.05, 4.69) is 33.3 Å². The molecule has 2 heterocycles. The van der Waals surface area contributed by atoms with E-state index in [4.69, 9.17) is 0 Å². The number of hydrogen-bond donors (Lipinski definition) is 1. The van der Waals surface area contributed by atoms with Gasteiger partial charge in [-0.25, -0.2) is 8.78 Å². The number of aliphatic imine (C=N–C) groups is 1. The molecule has 1 fully saturated rings. The van der Waals surface area contributed by atoms with E-state index in [1.165, 1.54) is 17.8 Å². The van der Waals surface area contributed by atoms with Crippen molar-refractivity contribution in [3.05, 3.63) is 47.3 Å². The highest BCUT2D eigenvalue weighted by molar-refractivity contribution is 14.0. The van der Waals surface area contributed by atoms with Gasteiger partial charge < -0.3 is 15.1 Å². The normalized spacial score (nSPS) is 14.7. The third-order valence-electron chi connectivity index (χ3n) is 4.97. The third kappa shape index (κ3) is 6.03. The first-order chi connectivity index (χ1) is 13.5. The summed E-state index contributed by atoms with van der Waals surface area (Å²) in [5.41, 5.74) is 2.53. The number of halogens is 3. The Morgan fingerprint density at radius 3 is 2.48 bits per heavy atom. The Morgan fingerprint density at radius 2 is 1.86 bits per heavy atom. The minimum Gasteiger partial charge on any atom is -0.366 e. The maximum Gasteiger partial charge on any atom is 0.193 e. The highest BCUT2D eigenvalue weighted by atomic mass is 127. The van der Waals surface area contributed by atoms with E-state index in [0.717, 1.165) is 37.2 Å². The number of hydrogen-bond acceptors (Lipinski definition) is 3. The van der Waals surface area contributed by atoms with Crippen molar-refractivity contribution in [3.63, 3.8) is 0 Å². The Morgan fingerprint density at radius 1 is 1.14 bits per heavy atom. The van der Waals surface area contributed by atoms with Crippen LogP contribution in [-0.2, 0) is 6.54 Å². The smallest absolute Gasteiger partial charge is 0.193 e. The summed E-state index contributed by atoms with van der Waals surface area (Å²) in [5, 5.41) is 7.87. The van der Waals surface area contributed by atoms with Crippen molar-refractivity contribution in [1.29, 1.82) is 0 Å². The average molecular weight is 518 g/mol. The molecule has 0 amide bonds. The van der Waals surface area contributed by atoms with Crippen molar-refractivity contribution < 1.29 is 8.78 Å². The van der Waals surface area contributed by atoms with E-state index in [1.807, 2.05) is 16.5 Å². The van der Waals surface area contributed by atoms with Gasteiger partial charge in [-0.1, -0.05) is 0 Å². The molecule has 0 spiro atoms. The molecule has 160 valence electrons. The fourth-order valence-electron chi connectivity index (χ4n) is 3.55. The quantitative estimate of drug-likeness (QED) is 0.286. The minimum atomic E-state index is -0.418. The van der Waals surface area contributed by atoms with Crippen LogP contribution in [0.5, 0.6) is 0 Å². The van der Waals surface area contributed by atoms with Crippen LogP contribution < -0.4 is 10.2 Å². The SMILES string of the molecule is CN=C(NCCCn1nc(C)cc1C)N1CCN(c2cc(F)ccc2F)CC1.I. The van der Waals surface area contributed by atoms with Gasteiger partial charge in [0.1, 0.15) is 11.6 Å². The Kier molecular flexibility index (Phi) is 8.66. The molecule has 0 atom stereocenters. The highest BCUT2D eigenvalue weighted by Crippen LogP contribution is 2.21. The molecule has 0 aliphatic carbocycles. The van der Waals surface area contributed by atoms with Gasteiger partial charge >= 0.3 is 0 Å². The van der Waals surface area contributed by atoms with Crippen molar-refractivity contribution in [2.45, 2.75) is 26.8 Å². The first kappa shape index (κ1) is 23.4. The molecule has 9 heteroatoms. The molecule has 29 heavy (non-hydrogen) atoms. The van der Waals surface area contributed by atoms with Crippen LogP contribution in [0, 0.1) is 25.5 Å². The summed E-state index contributed by atoms with van der Waals surface area (Å²) in [4.78, 5) is 8.39. The van der Waals surface area contributed by atoms with Crippen molar-refractivity contribution >= 4 is 35.6 Å². The average Bonchev–Trinajstić information content (AvgIpc) is 3.01. The zero-order valence-electron chi connectivity index (χ0n) is 17.2. The van der Waals surface area contributed by atoms with Crippen molar-refractivity contribution in [1.82, 2.24) is 20.0 Å². The first-order valence-electron chi connectivity index (χ1n) is 9.64. The topological polar surface area (TPSA) is 48.7 Å². The molecule has 0 saturated carbocycles. The van der Waals surface area contributed by atoms with Gasteiger partial charge in [-0.3, -0.25) is 9.67 Å². The molecule has 1 aromatic carbocycles. The van der Waals surface area contributed by atoms with E-state index in [9.17, 15) is 8.78 Å². The maximum absolute atomic E-state index is 14.0. The number of anilines is 1. The van der Waals surface area contributed by atoms with E-state index >= 15 is 0 Å². The second-order valence-corrected chi connectivity index (χ2v) is 7.05. The highest BCUT2D eigenvalue weighted by Gasteiger charge is 2.21. The van der Waals surface area contributed by atoms with Gasteiger partial charge in [-0.2, -0.15) is 5.10 Å². The molecule has 3 rings (SSSR count). The molecule has 1 aromatic heterocycles. The predicted octanol–water partition coefficient (Wildman–Crippen LogP) is 3.18. The van der Waals surface area contributed by atoms with Crippen LogP contribution in [0.2, 0.25) is 0 Å². The molecule has 0 radical (unpaired) electrons. The van der Waals surface area contributed by atoms with Gasteiger partial charge in [-0.15, -0.1) is 24.0 Å². The van der Waals surface area contributed by atoms with Gasteiger partial charge in [0.2, 0.25) is 0 Å². The molecule has 1 aliphatic heterocycles. The van der Waals surface area contributed by atoms with Crippen LogP contribution >= 0.6 is 24.0 Å². The molecule has 1 aliphatic rings. The van der Waals surface area contributed by atoms with Crippen LogP contribution in [0.3, 0.4) is 0 Å². The monoisotopic (exact) mass is 518 g/mol. The summed E-state index contributed by atoms with van der Waals surface area (Å²) >= 11 is 0. The number of aryl methyl sites for hydroxylation is 3. The lowest BCUT2D eigenvalue weighted by atomic mass is 10.2.